The predicted molar refractivity (Wildman–Crippen MR) is 86.7 cm³/mol. The summed E-state index contributed by atoms with van der Waals surface area (Å²) < 4.78 is 5.54. The van der Waals surface area contributed by atoms with Gasteiger partial charge in [0.25, 0.3) is 5.22 Å². The number of aromatic nitrogens is 2. The fourth-order valence-corrected chi connectivity index (χ4v) is 2.94. The van der Waals surface area contributed by atoms with Crippen molar-refractivity contribution in [1.29, 1.82) is 0 Å². The van der Waals surface area contributed by atoms with Crippen molar-refractivity contribution >= 4 is 46.6 Å². The third-order valence-electron chi connectivity index (χ3n) is 3.18. The lowest BCUT2D eigenvalue weighted by molar-refractivity contribution is -0.115. The van der Waals surface area contributed by atoms with Crippen molar-refractivity contribution in [3.8, 4) is 0 Å². The number of hydrogen-bond donors (Lipinski definition) is 1. The zero-order valence-corrected chi connectivity index (χ0v) is 14.0. The van der Waals surface area contributed by atoms with Crippen LogP contribution in [0, 0.1) is 0 Å². The predicted octanol–water partition coefficient (Wildman–Crippen LogP) is 4.37. The van der Waals surface area contributed by atoms with Gasteiger partial charge in [0.05, 0.1) is 16.0 Å². The quantitative estimate of drug-likeness (QED) is 0.804. The molecule has 2 aromatic rings. The number of carbonyl (C=O) groups excluding carboxylic acids is 1. The van der Waals surface area contributed by atoms with Crippen LogP contribution in [0.15, 0.2) is 27.8 Å². The van der Waals surface area contributed by atoms with E-state index in [9.17, 15) is 4.79 Å². The first-order chi connectivity index (χ1) is 10.5. The molecular weight excluding hydrogens is 345 g/mol. The van der Waals surface area contributed by atoms with Crippen LogP contribution >= 0.6 is 35.0 Å². The minimum absolute atomic E-state index is 0.194. The van der Waals surface area contributed by atoms with Gasteiger partial charge in [0.1, 0.15) is 0 Å². The van der Waals surface area contributed by atoms with Gasteiger partial charge >= 0.3 is 0 Å². The highest BCUT2D eigenvalue weighted by Gasteiger charge is 2.30. The van der Waals surface area contributed by atoms with Crippen LogP contribution in [0.4, 0.5) is 5.69 Å². The van der Waals surface area contributed by atoms with Crippen molar-refractivity contribution < 1.29 is 9.21 Å². The molecule has 0 spiro atoms. The summed E-state index contributed by atoms with van der Waals surface area (Å²) in [5, 5.41) is 11.6. The summed E-state index contributed by atoms with van der Waals surface area (Å²) in [5.74, 6) is 0.870. The molecule has 1 amide bonds. The monoisotopic (exact) mass is 357 g/mol. The second kappa shape index (κ2) is 6.48. The lowest BCUT2D eigenvalue weighted by Gasteiger charge is -2.11. The number of thioether (sulfide) groups is 1. The zero-order valence-electron chi connectivity index (χ0n) is 11.7. The summed E-state index contributed by atoms with van der Waals surface area (Å²) in [7, 11) is 0. The Morgan fingerprint density at radius 2 is 2.18 bits per heavy atom. The van der Waals surface area contributed by atoms with E-state index in [2.05, 4.69) is 15.5 Å². The topological polar surface area (TPSA) is 68.0 Å². The van der Waals surface area contributed by atoms with E-state index in [4.69, 9.17) is 27.6 Å². The SMILES string of the molecule is C[C@@H](Sc1nnc(C2CC2)o1)C(=O)Nc1ccc(Cl)cc1Cl. The Morgan fingerprint density at radius 1 is 1.41 bits per heavy atom. The molecule has 1 heterocycles. The number of carbonyl (C=O) groups is 1. The Kier molecular flexibility index (Phi) is 4.61. The van der Waals surface area contributed by atoms with Crippen molar-refractivity contribution in [2.45, 2.75) is 36.2 Å². The van der Waals surface area contributed by atoms with Gasteiger partial charge in [-0.2, -0.15) is 0 Å². The van der Waals surface area contributed by atoms with Crippen molar-refractivity contribution in [3.63, 3.8) is 0 Å². The van der Waals surface area contributed by atoms with Gasteiger partial charge in [-0.15, -0.1) is 10.2 Å². The molecule has 3 rings (SSSR count). The van der Waals surface area contributed by atoms with E-state index in [1.807, 2.05) is 0 Å². The smallest absolute Gasteiger partial charge is 0.277 e. The number of anilines is 1. The number of halogens is 2. The molecule has 116 valence electrons. The number of rotatable bonds is 5. The third-order valence-corrected chi connectivity index (χ3v) is 4.67. The van der Waals surface area contributed by atoms with E-state index < -0.39 is 0 Å². The van der Waals surface area contributed by atoms with E-state index in [1.54, 1.807) is 25.1 Å². The zero-order chi connectivity index (χ0) is 15.7. The van der Waals surface area contributed by atoms with Crippen LogP contribution in [0.2, 0.25) is 10.0 Å². The number of benzene rings is 1. The average Bonchev–Trinajstić information content (AvgIpc) is 3.22. The third kappa shape index (κ3) is 3.74. The Morgan fingerprint density at radius 3 is 2.86 bits per heavy atom. The van der Waals surface area contributed by atoms with E-state index in [0.29, 0.717) is 32.8 Å². The Bertz CT molecular complexity index is 703. The van der Waals surface area contributed by atoms with Crippen LogP contribution in [0.1, 0.15) is 31.6 Å². The van der Waals surface area contributed by atoms with Gasteiger partial charge in [0.15, 0.2) is 0 Å². The number of nitrogens with one attached hydrogen (secondary N) is 1. The number of hydrogen-bond acceptors (Lipinski definition) is 5. The molecule has 0 unspecified atom stereocenters. The molecule has 5 nitrogen and oxygen atoms in total. The normalized spacial score (nSPS) is 15.6. The lowest BCUT2D eigenvalue weighted by atomic mass is 10.3. The summed E-state index contributed by atoms with van der Waals surface area (Å²) in [5.41, 5.74) is 0.521. The fourth-order valence-electron chi connectivity index (χ4n) is 1.79. The number of amides is 1. The van der Waals surface area contributed by atoms with E-state index >= 15 is 0 Å². The molecule has 1 aliphatic rings. The first-order valence-corrected chi connectivity index (χ1v) is 8.42. The molecule has 1 fully saturated rings. The molecule has 1 saturated carbocycles. The van der Waals surface area contributed by atoms with Crippen LogP contribution in [0.25, 0.3) is 0 Å². The second-order valence-electron chi connectivity index (χ2n) is 5.05. The summed E-state index contributed by atoms with van der Waals surface area (Å²) >= 11 is 13.1. The van der Waals surface area contributed by atoms with Crippen molar-refractivity contribution in [3.05, 3.63) is 34.1 Å². The Balaban J connectivity index is 1.60. The van der Waals surface area contributed by atoms with Gasteiger partial charge in [-0.3, -0.25) is 4.79 Å². The highest BCUT2D eigenvalue weighted by Crippen LogP contribution is 2.40. The van der Waals surface area contributed by atoms with Gasteiger partial charge in [-0.1, -0.05) is 35.0 Å². The van der Waals surface area contributed by atoms with Crippen LogP contribution in [-0.2, 0) is 4.79 Å². The molecule has 1 N–H and O–H groups in total. The molecule has 22 heavy (non-hydrogen) atoms. The van der Waals surface area contributed by atoms with Crippen molar-refractivity contribution in [2.75, 3.05) is 5.32 Å². The molecule has 0 aliphatic heterocycles. The molecule has 0 saturated heterocycles. The molecule has 1 aliphatic carbocycles. The largest absolute Gasteiger partial charge is 0.416 e. The van der Waals surface area contributed by atoms with E-state index in [1.165, 1.54) is 11.8 Å². The van der Waals surface area contributed by atoms with Crippen LogP contribution in [0.3, 0.4) is 0 Å². The summed E-state index contributed by atoms with van der Waals surface area (Å²) in [6.07, 6.45) is 2.19. The molecular formula is C14H13Cl2N3O2S. The molecule has 0 bridgehead atoms. The minimum atomic E-state index is -0.390. The van der Waals surface area contributed by atoms with Gasteiger partial charge in [-0.25, -0.2) is 0 Å². The van der Waals surface area contributed by atoms with Crippen LogP contribution in [-0.4, -0.2) is 21.4 Å². The molecule has 1 aromatic heterocycles. The van der Waals surface area contributed by atoms with Crippen molar-refractivity contribution in [1.82, 2.24) is 10.2 Å². The summed E-state index contributed by atoms with van der Waals surface area (Å²) in [6, 6.07) is 4.91. The van der Waals surface area contributed by atoms with Gasteiger partial charge in [-0.05, 0) is 38.0 Å². The van der Waals surface area contributed by atoms with Crippen LogP contribution in [0.5, 0.6) is 0 Å². The summed E-state index contributed by atoms with van der Waals surface area (Å²) in [4.78, 5) is 12.2. The Hall–Kier alpha value is -1.24. The maximum Gasteiger partial charge on any atom is 0.277 e. The Labute approximate surface area is 141 Å². The lowest BCUT2D eigenvalue weighted by Crippen LogP contribution is -2.22. The van der Waals surface area contributed by atoms with Gasteiger partial charge < -0.3 is 9.73 Å². The fraction of sp³-hybridized carbons (Fsp3) is 0.357. The minimum Gasteiger partial charge on any atom is -0.416 e. The maximum atomic E-state index is 12.2. The first kappa shape index (κ1) is 15.6. The van der Waals surface area contributed by atoms with Crippen molar-refractivity contribution in [2.24, 2.45) is 0 Å². The highest BCUT2D eigenvalue weighted by molar-refractivity contribution is 8.00. The van der Waals surface area contributed by atoms with Gasteiger partial charge in [0.2, 0.25) is 11.8 Å². The second-order valence-corrected chi connectivity index (χ2v) is 7.19. The van der Waals surface area contributed by atoms with E-state index in [0.717, 1.165) is 12.8 Å². The van der Waals surface area contributed by atoms with Gasteiger partial charge in [0, 0.05) is 10.9 Å². The van der Waals surface area contributed by atoms with Crippen LogP contribution < -0.4 is 5.32 Å². The first-order valence-electron chi connectivity index (χ1n) is 6.79. The number of nitrogens with zero attached hydrogens (tertiary/aromatic N) is 2. The maximum absolute atomic E-state index is 12.2. The average molecular weight is 358 g/mol. The molecule has 0 radical (unpaired) electrons. The molecule has 1 atom stereocenters. The van der Waals surface area contributed by atoms with E-state index in [-0.39, 0.29) is 11.2 Å². The highest BCUT2D eigenvalue weighted by atomic mass is 35.5. The summed E-state index contributed by atoms with van der Waals surface area (Å²) in [6.45, 7) is 1.77. The standard InChI is InChI=1S/C14H13Cl2N3O2S/c1-7(22-14-19-18-13(21-14)8-2-3-8)12(20)17-11-5-4-9(15)6-10(11)16/h4-8H,2-3H2,1H3,(H,17,20)/t7-/m1/s1. The molecule has 1 aromatic carbocycles. The molecule has 8 heteroatoms.